The largest absolute Gasteiger partial charge is 0.465 e. The summed E-state index contributed by atoms with van der Waals surface area (Å²) < 4.78 is 2.44. The molecule has 0 saturated carbocycles. The van der Waals surface area contributed by atoms with Crippen LogP contribution in [0.2, 0.25) is 0 Å². The zero-order chi connectivity index (χ0) is 11.0. The monoisotopic (exact) mass is 321 g/mol. The van der Waals surface area contributed by atoms with Gasteiger partial charge in [0.2, 0.25) is 0 Å². The van der Waals surface area contributed by atoms with Crippen LogP contribution in [-0.4, -0.2) is 38.7 Å². The van der Waals surface area contributed by atoms with Crippen molar-refractivity contribution in [2.45, 2.75) is 13.1 Å². The number of carboxylic acid groups (broad SMARTS) is 1. The lowest BCUT2D eigenvalue weighted by Crippen LogP contribution is -2.37. The Balaban J connectivity index is 2.36. The average Bonchev–Trinajstić information content (AvgIpc) is 2.55. The van der Waals surface area contributed by atoms with E-state index >= 15 is 0 Å². The Bertz CT molecular complexity index is 429. The maximum absolute atomic E-state index is 10.8. The Morgan fingerprint density at radius 1 is 1.53 bits per heavy atom. The molecule has 0 bridgehead atoms. The summed E-state index contributed by atoms with van der Waals surface area (Å²) in [6.45, 7) is 1.22. The van der Waals surface area contributed by atoms with E-state index in [1.807, 2.05) is 22.6 Å². The van der Waals surface area contributed by atoms with E-state index in [4.69, 9.17) is 5.11 Å². The fourth-order valence-corrected chi connectivity index (χ4v) is 2.23. The van der Waals surface area contributed by atoms with Gasteiger partial charge in [-0.3, -0.25) is 9.48 Å². The van der Waals surface area contributed by atoms with Crippen LogP contribution in [0.1, 0.15) is 16.2 Å². The number of carbonyl (C=O) groups excluding carboxylic acids is 1. The van der Waals surface area contributed by atoms with Crippen LogP contribution >= 0.6 is 22.6 Å². The van der Waals surface area contributed by atoms with Crippen molar-refractivity contribution < 1.29 is 14.7 Å². The highest BCUT2D eigenvalue weighted by Crippen LogP contribution is 2.21. The first-order chi connectivity index (χ1) is 7.13. The van der Waals surface area contributed by atoms with E-state index in [1.165, 1.54) is 4.90 Å². The molecule has 1 amide bonds. The van der Waals surface area contributed by atoms with Gasteiger partial charge in [0.15, 0.2) is 6.29 Å². The predicted molar refractivity (Wildman–Crippen MR) is 58.8 cm³/mol. The number of hydrogen-bond acceptors (Lipinski definition) is 3. The summed E-state index contributed by atoms with van der Waals surface area (Å²) in [4.78, 5) is 22.7. The first-order valence-corrected chi connectivity index (χ1v) is 5.39. The maximum atomic E-state index is 10.8. The topological polar surface area (TPSA) is 75.4 Å². The normalized spacial score (nSPS) is 14.9. The molecule has 2 rings (SSSR count). The van der Waals surface area contributed by atoms with Crippen LogP contribution in [0.25, 0.3) is 0 Å². The molecule has 6 nitrogen and oxygen atoms in total. The standard InChI is InChI=1S/C8H8IN3O3/c9-7-5(4-13)10-12-2-1-11(8(14)15)3-6(7)12/h4H,1-3H2,(H,14,15). The van der Waals surface area contributed by atoms with Crippen molar-refractivity contribution in [2.75, 3.05) is 6.54 Å². The zero-order valence-corrected chi connectivity index (χ0v) is 9.84. The lowest BCUT2D eigenvalue weighted by molar-refractivity contribution is 0.111. The molecular weight excluding hydrogens is 313 g/mol. The van der Waals surface area contributed by atoms with Crippen molar-refractivity contribution in [3.05, 3.63) is 15.0 Å². The van der Waals surface area contributed by atoms with Gasteiger partial charge in [0.25, 0.3) is 0 Å². The second kappa shape index (κ2) is 3.80. The number of aromatic nitrogens is 2. The molecule has 0 aromatic carbocycles. The summed E-state index contributed by atoms with van der Waals surface area (Å²) in [5.74, 6) is 0. The number of fused-ring (bicyclic) bond motifs is 1. The lowest BCUT2D eigenvalue weighted by Gasteiger charge is -2.25. The van der Waals surface area contributed by atoms with E-state index in [0.717, 1.165) is 9.26 Å². The molecular formula is C8H8IN3O3. The van der Waals surface area contributed by atoms with E-state index in [0.29, 0.717) is 31.6 Å². The van der Waals surface area contributed by atoms with Crippen LogP contribution in [0.15, 0.2) is 0 Å². The Kier molecular flexibility index (Phi) is 2.63. The van der Waals surface area contributed by atoms with Crippen molar-refractivity contribution in [3.8, 4) is 0 Å². The van der Waals surface area contributed by atoms with Crippen molar-refractivity contribution in [1.29, 1.82) is 0 Å². The summed E-state index contributed by atoms with van der Waals surface area (Å²) in [5.41, 5.74) is 1.18. The summed E-state index contributed by atoms with van der Waals surface area (Å²) >= 11 is 2.02. The summed E-state index contributed by atoms with van der Waals surface area (Å²) in [6, 6.07) is 0. The molecule has 15 heavy (non-hydrogen) atoms. The van der Waals surface area contributed by atoms with Gasteiger partial charge in [-0.1, -0.05) is 0 Å². The zero-order valence-electron chi connectivity index (χ0n) is 7.68. The first kappa shape index (κ1) is 10.4. The molecule has 0 fully saturated rings. The summed E-state index contributed by atoms with van der Waals surface area (Å²) in [7, 11) is 0. The molecule has 0 atom stereocenters. The smallest absolute Gasteiger partial charge is 0.407 e. The third-order valence-corrected chi connectivity index (χ3v) is 3.50. The molecule has 1 aliphatic rings. The van der Waals surface area contributed by atoms with Gasteiger partial charge in [-0.05, 0) is 22.6 Å². The predicted octanol–water partition coefficient (Wildman–Crippen LogP) is 0.794. The highest BCUT2D eigenvalue weighted by Gasteiger charge is 2.24. The Labute approximate surface area is 99.0 Å². The van der Waals surface area contributed by atoms with E-state index in [1.54, 1.807) is 4.68 Å². The van der Waals surface area contributed by atoms with Crippen LogP contribution in [0.4, 0.5) is 4.79 Å². The van der Waals surface area contributed by atoms with Gasteiger partial charge in [-0.15, -0.1) is 0 Å². The Hall–Kier alpha value is -1.12. The number of nitrogens with zero attached hydrogens (tertiary/aromatic N) is 3. The second-order valence-corrected chi connectivity index (χ2v) is 4.27. The molecule has 0 spiro atoms. The third-order valence-electron chi connectivity index (χ3n) is 2.32. The van der Waals surface area contributed by atoms with E-state index < -0.39 is 6.09 Å². The van der Waals surface area contributed by atoms with Crippen LogP contribution in [0, 0.1) is 3.57 Å². The highest BCUT2D eigenvalue weighted by atomic mass is 127. The number of hydrogen-bond donors (Lipinski definition) is 1. The molecule has 0 unspecified atom stereocenters. The molecule has 80 valence electrons. The quantitative estimate of drug-likeness (QED) is 0.613. The van der Waals surface area contributed by atoms with Gasteiger partial charge in [0, 0.05) is 6.54 Å². The maximum Gasteiger partial charge on any atom is 0.407 e. The van der Waals surface area contributed by atoms with Gasteiger partial charge in [-0.2, -0.15) is 5.10 Å². The lowest BCUT2D eigenvalue weighted by atomic mass is 10.3. The minimum atomic E-state index is -0.939. The van der Waals surface area contributed by atoms with Crippen molar-refractivity contribution in [3.63, 3.8) is 0 Å². The third kappa shape index (κ3) is 1.71. The first-order valence-electron chi connectivity index (χ1n) is 4.31. The molecule has 2 heterocycles. The number of amides is 1. The van der Waals surface area contributed by atoms with Crippen LogP contribution in [0.5, 0.6) is 0 Å². The molecule has 1 N–H and O–H groups in total. The van der Waals surface area contributed by atoms with E-state index in [9.17, 15) is 9.59 Å². The summed E-state index contributed by atoms with van der Waals surface area (Å²) in [6.07, 6.45) is -0.246. The number of halogens is 1. The van der Waals surface area contributed by atoms with Crippen LogP contribution in [-0.2, 0) is 13.1 Å². The Morgan fingerprint density at radius 2 is 2.27 bits per heavy atom. The van der Waals surface area contributed by atoms with Gasteiger partial charge >= 0.3 is 6.09 Å². The highest BCUT2D eigenvalue weighted by molar-refractivity contribution is 14.1. The average molecular weight is 321 g/mol. The molecule has 0 saturated heterocycles. The minimum Gasteiger partial charge on any atom is -0.465 e. The van der Waals surface area contributed by atoms with Gasteiger partial charge < -0.3 is 10.0 Å². The molecule has 7 heteroatoms. The van der Waals surface area contributed by atoms with Gasteiger partial charge in [-0.25, -0.2) is 4.79 Å². The van der Waals surface area contributed by atoms with E-state index in [2.05, 4.69) is 5.10 Å². The van der Waals surface area contributed by atoms with Crippen molar-refractivity contribution >= 4 is 35.0 Å². The van der Waals surface area contributed by atoms with Crippen molar-refractivity contribution in [2.24, 2.45) is 0 Å². The molecule has 0 radical (unpaired) electrons. The minimum absolute atomic E-state index is 0.300. The number of carbonyl (C=O) groups is 2. The molecule has 1 aromatic rings. The van der Waals surface area contributed by atoms with Crippen molar-refractivity contribution in [1.82, 2.24) is 14.7 Å². The molecule has 1 aliphatic heterocycles. The summed E-state index contributed by atoms with van der Waals surface area (Å²) in [5, 5.41) is 12.9. The SMILES string of the molecule is O=Cc1nn2c(c1I)CN(C(=O)O)CC2. The fraction of sp³-hybridized carbons (Fsp3) is 0.375. The van der Waals surface area contributed by atoms with Gasteiger partial charge in [0.05, 0.1) is 22.4 Å². The molecule has 0 aliphatic carbocycles. The second-order valence-electron chi connectivity index (χ2n) is 3.19. The van der Waals surface area contributed by atoms with Crippen LogP contribution < -0.4 is 0 Å². The number of aldehydes is 1. The molecule has 1 aromatic heterocycles. The Morgan fingerprint density at radius 3 is 2.87 bits per heavy atom. The van der Waals surface area contributed by atoms with Gasteiger partial charge in [0.1, 0.15) is 5.69 Å². The fourth-order valence-electron chi connectivity index (χ4n) is 1.55. The van der Waals surface area contributed by atoms with Crippen LogP contribution in [0.3, 0.4) is 0 Å². The van der Waals surface area contributed by atoms with E-state index in [-0.39, 0.29) is 0 Å². The number of rotatable bonds is 1.